The van der Waals surface area contributed by atoms with E-state index in [-0.39, 0.29) is 24.3 Å². The summed E-state index contributed by atoms with van der Waals surface area (Å²) in [5.74, 6) is -0.625. The van der Waals surface area contributed by atoms with Gasteiger partial charge in [-0.25, -0.2) is 9.59 Å². The van der Waals surface area contributed by atoms with Crippen LogP contribution in [-0.2, 0) is 16.0 Å². The molecule has 1 aromatic heterocycles. The molecule has 2 aromatic carbocycles. The molecule has 1 aliphatic carbocycles. The van der Waals surface area contributed by atoms with Crippen LogP contribution in [0.3, 0.4) is 0 Å². The van der Waals surface area contributed by atoms with Crippen LogP contribution >= 0.6 is 0 Å². The van der Waals surface area contributed by atoms with E-state index in [2.05, 4.69) is 16.4 Å². The maximum atomic E-state index is 12.7. The quantitative estimate of drug-likeness (QED) is 0.434. The lowest BCUT2D eigenvalue weighted by Gasteiger charge is -2.34. The minimum atomic E-state index is -0.720. The molecule has 1 saturated heterocycles. The van der Waals surface area contributed by atoms with Crippen molar-refractivity contribution >= 4 is 23.0 Å². The van der Waals surface area contributed by atoms with Crippen molar-refractivity contribution in [2.75, 3.05) is 19.6 Å². The van der Waals surface area contributed by atoms with E-state index in [9.17, 15) is 14.4 Å². The van der Waals surface area contributed by atoms with Gasteiger partial charge in [0, 0.05) is 31.6 Å². The number of H-pyrrole nitrogens is 1. The summed E-state index contributed by atoms with van der Waals surface area (Å²) in [5, 5.41) is 4.89. The number of hydrogen-bond acceptors (Lipinski definition) is 8. The van der Waals surface area contributed by atoms with Crippen LogP contribution in [0.5, 0.6) is 0 Å². The molecule has 0 amide bonds. The molecule has 0 spiro atoms. The van der Waals surface area contributed by atoms with Crippen LogP contribution in [0, 0.1) is 0 Å². The fraction of sp³-hybridized carbons (Fsp3) is 0.375. The Hall–Kier alpha value is -3.43. The molecule has 9 nitrogen and oxygen atoms in total. The zero-order valence-corrected chi connectivity index (χ0v) is 18.0. The van der Waals surface area contributed by atoms with Crippen LogP contribution in [0.2, 0.25) is 0 Å². The molecule has 2 unspecified atom stereocenters. The van der Waals surface area contributed by atoms with E-state index in [0.29, 0.717) is 42.7 Å². The van der Waals surface area contributed by atoms with E-state index in [1.54, 1.807) is 23.3 Å². The largest absolute Gasteiger partial charge is 0.528 e. The molecular weight excluding hydrogens is 426 g/mol. The van der Waals surface area contributed by atoms with Crippen molar-refractivity contribution in [3.8, 4) is 0 Å². The van der Waals surface area contributed by atoms with Gasteiger partial charge in [-0.2, -0.15) is 0 Å². The smallest absolute Gasteiger partial charge is 0.425 e. The van der Waals surface area contributed by atoms with Crippen molar-refractivity contribution in [1.82, 2.24) is 15.4 Å². The molecule has 172 valence electrons. The number of aryl methyl sites for hydroxylation is 1. The number of aromatic amines is 1. The highest BCUT2D eigenvalue weighted by Gasteiger charge is 2.30. The van der Waals surface area contributed by atoms with Crippen LogP contribution < -0.4 is 11.1 Å². The van der Waals surface area contributed by atoms with Gasteiger partial charge in [0.1, 0.15) is 6.10 Å². The number of ether oxygens (including phenoxy) is 1. The number of hydrogen-bond donors (Lipinski definition) is 2. The summed E-state index contributed by atoms with van der Waals surface area (Å²) in [6.45, 7) is 1.78. The molecule has 5 rings (SSSR count). The van der Waals surface area contributed by atoms with Crippen molar-refractivity contribution in [3.05, 3.63) is 69.7 Å². The topological polar surface area (TPSA) is 114 Å². The normalized spacial score (nSPS) is 20.5. The molecule has 2 heterocycles. The first-order valence-electron chi connectivity index (χ1n) is 11.2. The molecule has 0 radical (unpaired) electrons. The molecule has 0 saturated carbocycles. The summed E-state index contributed by atoms with van der Waals surface area (Å²) in [4.78, 5) is 44.6. The van der Waals surface area contributed by atoms with Gasteiger partial charge in [0.2, 0.25) is 0 Å². The van der Waals surface area contributed by atoms with E-state index in [1.807, 2.05) is 18.2 Å². The van der Waals surface area contributed by atoms with E-state index >= 15 is 0 Å². The summed E-state index contributed by atoms with van der Waals surface area (Å²) in [7, 11) is 0. The number of rotatable bonds is 6. The van der Waals surface area contributed by atoms with E-state index < -0.39 is 11.9 Å². The van der Waals surface area contributed by atoms with Gasteiger partial charge in [0.25, 0.3) is 0 Å². The van der Waals surface area contributed by atoms with Crippen LogP contribution in [-0.4, -0.2) is 47.7 Å². The second-order valence-electron chi connectivity index (χ2n) is 8.37. The molecule has 1 fully saturated rings. The van der Waals surface area contributed by atoms with Gasteiger partial charge < -0.3 is 19.3 Å². The van der Waals surface area contributed by atoms with E-state index in [1.165, 1.54) is 5.56 Å². The van der Waals surface area contributed by atoms with Crippen molar-refractivity contribution in [1.29, 1.82) is 0 Å². The highest BCUT2D eigenvalue weighted by Crippen LogP contribution is 2.34. The summed E-state index contributed by atoms with van der Waals surface area (Å²) in [5.41, 5.74) is 3.61. The fourth-order valence-electron chi connectivity index (χ4n) is 4.54. The Labute approximate surface area is 189 Å². The van der Waals surface area contributed by atoms with Crippen molar-refractivity contribution in [3.63, 3.8) is 0 Å². The van der Waals surface area contributed by atoms with Gasteiger partial charge in [-0.3, -0.25) is 9.78 Å². The number of ketones is 1. The zero-order valence-electron chi connectivity index (χ0n) is 18.0. The second kappa shape index (κ2) is 9.21. The molecule has 3 aromatic rings. The number of Topliss-reactive ketones (excluding diaryl/α,β-unsaturated/α-hetero) is 1. The van der Waals surface area contributed by atoms with E-state index in [0.717, 1.165) is 18.4 Å². The van der Waals surface area contributed by atoms with Crippen molar-refractivity contribution in [2.24, 2.45) is 0 Å². The second-order valence-corrected chi connectivity index (χ2v) is 8.37. The highest BCUT2D eigenvalue weighted by molar-refractivity contribution is 5.98. The van der Waals surface area contributed by atoms with E-state index in [4.69, 9.17) is 14.0 Å². The zero-order chi connectivity index (χ0) is 22.8. The summed E-state index contributed by atoms with van der Waals surface area (Å²) in [6, 6.07) is 12.7. The van der Waals surface area contributed by atoms with Gasteiger partial charge in [-0.1, -0.05) is 24.3 Å². The number of fused-ring (bicyclic) bond motifs is 2. The lowest BCUT2D eigenvalue weighted by molar-refractivity contribution is -0.167. The first-order valence-corrected chi connectivity index (χ1v) is 11.2. The number of nitrogens with zero attached hydrogens (tertiary/aromatic N) is 1. The lowest BCUT2D eigenvalue weighted by atomic mass is 10.0. The Morgan fingerprint density at radius 3 is 2.97 bits per heavy atom. The average molecular weight is 451 g/mol. The molecule has 33 heavy (non-hydrogen) atoms. The third-order valence-corrected chi connectivity index (χ3v) is 6.25. The maximum absolute atomic E-state index is 12.7. The number of oxazole rings is 1. The number of carbonyl (C=O) groups excluding carboxylic acids is 2. The lowest BCUT2D eigenvalue weighted by Crippen LogP contribution is -2.51. The molecule has 9 heteroatoms. The maximum Gasteiger partial charge on any atom is 0.528 e. The standard InChI is InChI=1S/C24H25N3O6/c28-20(16-5-8-19-22(13-16)31-23(29)26-19)9-7-17-14-25-11-12-27(17)33-24(30)32-21-10-6-15-3-1-2-4-18(15)21/h1-5,8,13,17,21,25H,6-7,9-12,14H2,(H,26,29). The fourth-order valence-corrected chi connectivity index (χ4v) is 4.54. The monoisotopic (exact) mass is 451 g/mol. The summed E-state index contributed by atoms with van der Waals surface area (Å²) >= 11 is 0. The van der Waals surface area contributed by atoms with Crippen LogP contribution in [0.25, 0.3) is 11.1 Å². The van der Waals surface area contributed by atoms with Gasteiger partial charge >= 0.3 is 11.9 Å². The molecule has 0 bridgehead atoms. The summed E-state index contributed by atoms with van der Waals surface area (Å²) < 4.78 is 10.6. The van der Waals surface area contributed by atoms with Crippen molar-refractivity contribution < 1.29 is 23.6 Å². The number of hydroxylamine groups is 2. The third-order valence-electron chi connectivity index (χ3n) is 6.25. The van der Waals surface area contributed by atoms with Gasteiger partial charge in [0.15, 0.2) is 11.4 Å². The van der Waals surface area contributed by atoms with Gasteiger partial charge in [-0.05, 0) is 48.6 Å². The predicted octanol–water partition coefficient (Wildman–Crippen LogP) is 3.11. The average Bonchev–Trinajstić information content (AvgIpc) is 3.40. The first kappa shape index (κ1) is 21.4. The van der Waals surface area contributed by atoms with Crippen LogP contribution in [0.15, 0.2) is 51.7 Å². The SMILES string of the molecule is O=C(OC1CCc2ccccc21)ON1CCNCC1CCC(=O)c1ccc2[nH]c(=O)oc2c1. The summed E-state index contributed by atoms with van der Waals surface area (Å²) in [6.07, 6.45) is 1.38. The van der Waals surface area contributed by atoms with Gasteiger partial charge in [0.05, 0.1) is 11.6 Å². The van der Waals surface area contributed by atoms with Crippen LogP contribution in [0.1, 0.15) is 46.9 Å². The molecule has 2 aliphatic rings. The Morgan fingerprint density at radius 1 is 1.18 bits per heavy atom. The number of aromatic nitrogens is 1. The molecular formula is C24H25N3O6. The Bertz CT molecular complexity index is 1230. The van der Waals surface area contributed by atoms with Crippen LogP contribution in [0.4, 0.5) is 4.79 Å². The predicted molar refractivity (Wildman–Crippen MR) is 119 cm³/mol. The molecule has 2 N–H and O–H groups in total. The Morgan fingerprint density at radius 2 is 2.06 bits per heavy atom. The first-order chi connectivity index (χ1) is 16.1. The van der Waals surface area contributed by atoms with Gasteiger partial charge in [-0.15, -0.1) is 5.06 Å². The molecule has 2 atom stereocenters. The Kier molecular flexibility index (Phi) is 5.97. The Balaban J connectivity index is 1.17. The molecule has 1 aliphatic heterocycles. The van der Waals surface area contributed by atoms with Crippen molar-refractivity contribution in [2.45, 2.75) is 37.8 Å². The number of piperazine rings is 1. The highest BCUT2D eigenvalue weighted by atomic mass is 16.8. The minimum absolute atomic E-state index is 0.0728. The number of nitrogens with one attached hydrogen (secondary N) is 2. The third kappa shape index (κ3) is 4.69. The number of carbonyl (C=O) groups is 2. The number of benzene rings is 2. The minimum Gasteiger partial charge on any atom is -0.425 e.